The van der Waals surface area contributed by atoms with E-state index in [-0.39, 0.29) is 17.9 Å². The fourth-order valence-corrected chi connectivity index (χ4v) is 5.93. The van der Waals surface area contributed by atoms with E-state index in [0.29, 0.717) is 24.4 Å². The molecule has 1 atom stereocenters. The van der Waals surface area contributed by atoms with Gasteiger partial charge in [-0.1, -0.05) is 36.8 Å². The summed E-state index contributed by atoms with van der Waals surface area (Å²) < 4.78 is 5.71. The van der Waals surface area contributed by atoms with Crippen LogP contribution in [0.5, 0.6) is 0 Å². The zero-order valence-corrected chi connectivity index (χ0v) is 20.6. The van der Waals surface area contributed by atoms with Crippen LogP contribution >= 0.6 is 11.8 Å². The maximum atomic E-state index is 13.2. The van der Waals surface area contributed by atoms with Crippen LogP contribution in [0, 0.1) is 0 Å². The standard InChI is InChI=1S/C28H31N3O3S/c32-27(31-17-14-21-9-2-4-11-23(21)31)20-35-26-13-5-3-10-22(26)28(33)29-19-24(25-12-8-18-34-25)30-15-6-1-7-16-30/h2-5,8-13,18,24H,1,6-7,14-17,19-20H2,(H,29,33). The molecule has 1 unspecified atom stereocenters. The smallest absolute Gasteiger partial charge is 0.252 e. The number of amides is 2. The molecule has 6 nitrogen and oxygen atoms in total. The van der Waals surface area contributed by atoms with Crippen LogP contribution in [0.15, 0.2) is 76.2 Å². The highest BCUT2D eigenvalue weighted by atomic mass is 32.2. The molecule has 7 heteroatoms. The minimum atomic E-state index is -0.124. The number of benzene rings is 2. The van der Waals surface area contributed by atoms with Crippen LogP contribution in [-0.2, 0) is 11.2 Å². The Labute approximate surface area is 210 Å². The average Bonchev–Trinajstić information content (AvgIpc) is 3.59. The number of para-hydroxylation sites is 1. The molecule has 1 saturated heterocycles. The van der Waals surface area contributed by atoms with Gasteiger partial charge in [-0.05, 0) is 68.2 Å². The number of carbonyl (C=O) groups is 2. The summed E-state index contributed by atoms with van der Waals surface area (Å²) in [6.07, 6.45) is 6.16. The summed E-state index contributed by atoms with van der Waals surface area (Å²) in [5.74, 6) is 1.12. The van der Waals surface area contributed by atoms with Gasteiger partial charge in [-0.2, -0.15) is 0 Å². The van der Waals surface area contributed by atoms with Crippen molar-refractivity contribution in [2.75, 3.05) is 36.8 Å². The second-order valence-electron chi connectivity index (χ2n) is 9.05. The molecule has 3 aromatic rings. The predicted molar refractivity (Wildman–Crippen MR) is 139 cm³/mol. The van der Waals surface area contributed by atoms with Crippen LogP contribution in [0.4, 0.5) is 5.69 Å². The Morgan fingerprint density at radius 3 is 2.57 bits per heavy atom. The summed E-state index contributed by atoms with van der Waals surface area (Å²) in [4.78, 5) is 31.3. The van der Waals surface area contributed by atoms with Crippen molar-refractivity contribution < 1.29 is 14.0 Å². The van der Waals surface area contributed by atoms with E-state index in [1.807, 2.05) is 59.5 Å². The Hall–Kier alpha value is -3.03. The summed E-state index contributed by atoms with van der Waals surface area (Å²) >= 11 is 1.42. The van der Waals surface area contributed by atoms with Gasteiger partial charge in [0.25, 0.3) is 5.91 Å². The Morgan fingerprint density at radius 2 is 1.74 bits per heavy atom. The highest BCUT2D eigenvalue weighted by Crippen LogP contribution is 2.30. The van der Waals surface area contributed by atoms with Gasteiger partial charge in [-0.3, -0.25) is 14.5 Å². The molecule has 5 rings (SSSR count). The van der Waals surface area contributed by atoms with E-state index >= 15 is 0 Å². The van der Waals surface area contributed by atoms with E-state index < -0.39 is 0 Å². The monoisotopic (exact) mass is 489 g/mol. The van der Waals surface area contributed by atoms with Crippen molar-refractivity contribution in [2.24, 2.45) is 0 Å². The van der Waals surface area contributed by atoms with Crippen LogP contribution in [0.3, 0.4) is 0 Å². The van der Waals surface area contributed by atoms with Gasteiger partial charge in [0.2, 0.25) is 5.91 Å². The number of furan rings is 1. The number of fused-ring (bicyclic) bond motifs is 1. The molecule has 1 N–H and O–H groups in total. The molecule has 0 saturated carbocycles. The summed E-state index contributed by atoms with van der Waals surface area (Å²) in [5, 5.41) is 3.13. The van der Waals surface area contributed by atoms with Crippen molar-refractivity contribution in [3.05, 3.63) is 83.8 Å². The van der Waals surface area contributed by atoms with E-state index in [2.05, 4.69) is 16.3 Å². The summed E-state index contributed by atoms with van der Waals surface area (Å²) in [7, 11) is 0. The number of nitrogens with zero attached hydrogens (tertiary/aromatic N) is 2. The SMILES string of the molecule is O=C(NCC(c1ccco1)N1CCCCC1)c1ccccc1SCC(=O)N1CCc2ccccc21. The minimum absolute atomic E-state index is 0.0193. The number of hydrogen-bond donors (Lipinski definition) is 1. The van der Waals surface area contributed by atoms with Gasteiger partial charge in [-0.25, -0.2) is 0 Å². The van der Waals surface area contributed by atoms with Gasteiger partial charge < -0.3 is 14.6 Å². The molecular formula is C28H31N3O3S. The van der Waals surface area contributed by atoms with Crippen molar-refractivity contribution in [2.45, 2.75) is 36.6 Å². The number of anilines is 1. The van der Waals surface area contributed by atoms with Gasteiger partial charge in [-0.15, -0.1) is 11.8 Å². The zero-order chi connectivity index (χ0) is 24.0. The molecule has 35 heavy (non-hydrogen) atoms. The largest absolute Gasteiger partial charge is 0.468 e. The van der Waals surface area contributed by atoms with Gasteiger partial charge in [0.1, 0.15) is 5.76 Å². The van der Waals surface area contributed by atoms with E-state index in [0.717, 1.165) is 35.9 Å². The van der Waals surface area contributed by atoms with Crippen LogP contribution in [0.2, 0.25) is 0 Å². The minimum Gasteiger partial charge on any atom is -0.468 e. The summed E-state index contributed by atoms with van der Waals surface area (Å²) in [6.45, 7) is 3.21. The zero-order valence-electron chi connectivity index (χ0n) is 19.8. The van der Waals surface area contributed by atoms with Gasteiger partial charge in [0.05, 0.1) is 23.6 Å². The quantitative estimate of drug-likeness (QED) is 0.455. The summed E-state index contributed by atoms with van der Waals surface area (Å²) in [5.41, 5.74) is 2.82. The molecule has 0 spiro atoms. The van der Waals surface area contributed by atoms with Crippen LogP contribution < -0.4 is 10.2 Å². The van der Waals surface area contributed by atoms with Gasteiger partial charge in [0.15, 0.2) is 0 Å². The maximum absolute atomic E-state index is 13.2. The maximum Gasteiger partial charge on any atom is 0.252 e. The lowest BCUT2D eigenvalue weighted by molar-refractivity contribution is -0.116. The van der Waals surface area contributed by atoms with E-state index in [1.54, 1.807) is 6.26 Å². The van der Waals surface area contributed by atoms with E-state index in [4.69, 9.17) is 4.42 Å². The number of thioether (sulfide) groups is 1. The van der Waals surface area contributed by atoms with Crippen LogP contribution in [0.1, 0.15) is 47.0 Å². The van der Waals surface area contributed by atoms with Crippen LogP contribution in [0.25, 0.3) is 0 Å². The van der Waals surface area contributed by atoms with E-state index in [1.165, 1.54) is 36.6 Å². The molecule has 0 aliphatic carbocycles. The highest BCUT2D eigenvalue weighted by Gasteiger charge is 2.26. The number of hydrogen-bond acceptors (Lipinski definition) is 5. The molecule has 3 heterocycles. The lowest BCUT2D eigenvalue weighted by Crippen LogP contribution is -2.40. The first-order valence-corrected chi connectivity index (χ1v) is 13.3. The Kier molecular flexibility index (Phi) is 7.54. The molecule has 182 valence electrons. The molecule has 0 radical (unpaired) electrons. The number of rotatable bonds is 8. The first-order valence-electron chi connectivity index (χ1n) is 12.4. The van der Waals surface area contributed by atoms with Crippen molar-refractivity contribution in [3.8, 4) is 0 Å². The molecule has 1 fully saturated rings. The molecule has 2 aliphatic rings. The average molecular weight is 490 g/mol. The van der Waals surface area contributed by atoms with Gasteiger partial charge >= 0.3 is 0 Å². The number of likely N-dealkylation sites (tertiary alicyclic amines) is 1. The molecule has 1 aromatic heterocycles. The third-order valence-corrected chi connectivity index (χ3v) is 7.89. The normalized spacial score (nSPS) is 16.6. The predicted octanol–water partition coefficient (Wildman–Crippen LogP) is 4.92. The first-order chi connectivity index (χ1) is 17.2. The highest BCUT2D eigenvalue weighted by molar-refractivity contribution is 8.00. The van der Waals surface area contributed by atoms with Gasteiger partial charge in [0, 0.05) is 23.7 Å². The molecular weight excluding hydrogens is 458 g/mol. The second-order valence-corrected chi connectivity index (χ2v) is 10.1. The van der Waals surface area contributed by atoms with Crippen molar-refractivity contribution in [3.63, 3.8) is 0 Å². The summed E-state index contributed by atoms with van der Waals surface area (Å²) in [6, 6.07) is 19.5. The first kappa shape index (κ1) is 23.7. The topological polar surface area (TPSA) is 65.8 Å². The molecule has 2 aliphatic heterocycles. The number of piperidine rings is 1. The molecule has 0 bridgehead atoms. The third-order valence-electron chi connectivity index (χ3n) is 6.83. The molecule has 2 amide bonds. The fourth-order valence-electron chi connectivity index (χ4n) is 5.00. The number of carbonyl (C=O) groups excluding carboxylic acids is 2. The van der Waals surface area contributed by atoms with E-state index in [9.17, 15) is 9.59 Å². The lowest BCUT2D eigenvalue weighted by Gasteiger charge is -2.33. The molecule has 2 aromatic carbocycles. The lowest BCUT2D eigenvalue weighted by atomic mass is 10.1. The number of nitrogens with one attached hydrogen (secondary N) is 1. The van der Waals surface area contributed by atoms with Crippen molar-refractivity contribution in [1.82, 2.24) is 10.2 Å². The third kappa shape index (κ3) is 5.46. The Morgan fingerprint density at radius 1 is 0.943 bits per heavy atom. The van der Waals surface area contributed by atoms with Crippen LogP contribution in [-0.4, -0.2) is 48.6 Å². The Balaban J connectivity index is 1.23. The fraction of sp³-hybridized carbons (Fsp3) is 0.357. The Bertz CT molecular complexity index is 1160. The second kappa shape index (κ2) is 11.1. The van der Waals surface area contributed by atoms with Crippen molar-refractivity contribution in [1.29, 1.82) is 0 Å². The van der Waals surface area contributed by atoms with Crippen molar-refractivity contribution >= 4 is 29.3 Å².